The summed E-state index contributed by atoms with van der Waals surface area (Å²) in [4.78, 5) is 19.3. The quantitative estimate of drug-likeness (QED) is 0.732. The summed E-state index contributed by atoms with van der Waals surface area (Å²) < 4.78 is 5.45. The highest BCUT2D eigenvalue weighted by Gasteiger charge is 2.46. The third-order valence-corrected chi connectivity index (χ3v) is 6.85. The van der Waals surface area contributed by atoms with E-state index >= 15 is 0 Å². The van der Waals surface area contributed by atoms with Crippen molar-refractivity contribution in [2.24, 2.45) is 16.9 Å². The number of hydrazone groups is 1. The number of carboxylic acids is 1. The topological polar surface area (TPSA) is 79.4 Å². The predicted molar refractivity (Wildman–Crippen MR) is 117 cm³/mol. The van der Waals surface area contributed by atoms with Gasteiger partial charge in [-0.1, -0.05) is 18.9 Å². The summed E-state index contributed by atoms with van der Waals surface area (Å²) in [5.74, 6) is 0.404. The van der Waals surface area contributed by atoms with Crippen molar-refractivity contribution in [1.82, 2.24) is 4.98 Å². The number of hydrogen-bond acceptors (Lipinski definition) is 5. The monoisotopic (exact) mass is 416 g/mol. The number of nitrogens with zero attached hydrogens (tertiary/aromatic N) is 4. The number of pyridine rings is 1. The molecule has 158 valence electrons. The fraction of sp³-hybridized carbons (Fsp3) is 0.417. The lowest BCUT2D eigenvalue weighted by Gasteiger charge is -2.34. The van der Waals surface area contributed by atoms with E-state index in [1.54, 1.807) is 19.2 Å². The first-order valence-corrected chi connectivity index (χ1v) is 10.8. The zero-order valence-corrected chi connectivity index (χ0v) is 17.4. The van der Waals surface area contributed by atoms with Crippen LogP contribution in [-0.2, 0) is 6.42 Å². The number of benzene rings is 1. The number of aryl methyl sites for hydroxylation is 1. The Balaban J connectivity index is 1.59. The minimum absolute atomic E-state index is 0.0828. The minimum Gasteiger partial charge on any atom is -0.508 e. The zero-order valence-electron chi connectivity index (χ0n) is 17.4. The van der Waals surface area contributed by atoms with Crippen LogP contribution in [-0.4, -0.2) is 34.9 Å². The molecular formula is C24H24N4O3. The number of carboxylic acid groups (broad SMARTS) is 1. The van der Waals surface area contributed by atoms with Gasteiger partial charge >= 0.3 is 5.97 Å². The maximum absolute atomic E-state index is 11.4. The highest BCUT2D eigenvalue weighted by Crippen LogP contribution is 2.45. The van der Waals surface area contributed by atoms with Crippen LogP contribution in [0.5, 0.6) is 5.75 Å². The van der Waals surface area contributed by atoms with Gasteiger partial charge in [0.2, 0.25) is 5.69 Å². The second-order valence-corrected chi connectivity index (χ2v) is 8.47. The number of aromatic nitrogens is 1. The lowest BCUT2D eigenvalue weighted by Crippen LogP contribution is -2.40. The summed E-state index contributed by atoms with van der Waals surface area (Å²) >= 11 is 0. The Morgan fingerprint density at radius 3 is 2.74 bits per heavy atom. The van der Waals surface area contributed by atoms with Crippen LogP contribution in [0.2, 0.25) is 0 Å². The normalized spacial score (nSPS) is 22.5. The summed E-state index contributed by atoms with van der Waals surface area (Å²) in [6.07, 6.45) is 6.56. The molecule has 0 amide bonds. The average Bonchev–Trinajstić information content (AvgIpc) is 3.45. The highest BCUT2D eigenvalue weighted by molar-refractivity contribution is 6.07. The van der Waals surface area contributed by atoms with E-state index in [2.05, 4.69) is 14.8 Å². The molecule has 7 heteroatoms. The van der Waals surface area contributed by atoms with Gasteiger partial charge in [-0.25, -0.2) is 14.6 Å². The molecule has 0 radical (unpaired) electrons. The number of hydrogen-bond donors (Lipinski definition) is 1. The second kappa shape index (κ2) is 7.69. The summed E-state index contributed by atoms with van der Waals surface area (Å²) in [6.45, 7) is 7.36. The first-order valence-electron chi connectivity index (χ1n) is 10.8. The first-order chi connectivity index (χ1) is 15.1. The van der Waals surface area contributed by atoms with Gasteiger partial charge in [-0.15, -0.1) is 0 Å². The highest BCUT2D eigenvalue weighted by atomic mass is 16.5. The molecule has 1 aromatic heterocycles. The van der Waals surface area contributed by atoms with Gasteiger partial charge in [-0.2, -0.15) is 5.10 Å². The molecule has 1 saturated carbocycles. The molecule has 0 bridgehead atoms. The van der Waals surface area contributed by atoms with E-state index in [9.17, 15) is 9.90 Å². The van der Waals surface area contributed by atoms with Gasteiger partial charge in [0.05, 0.1) is 36.8 Å². The van der Waals surface area contributed by atoms with Crippen LogP contribution in [0, 0.1) is 18.4 Å². The Morgan fingerprint density at radius 2 is 2.03 bits per heavy atom. The molecule has 0 spiro atoms. The molecule has 31 heavy (non-hydrogen) atoms. The van der Waals surface area contributed by atoms with Gasteiger partial charge < -0.3 is 9.84 Å². The van der Waals surface area contributed by atoms with Gasteiger partial charge in [0.25, 0.3) is 0 Å². The SMILES string of the molecule is [C-]#[N+]c1ccc(N2N=C3c4ccc(C(=O)O)nc4CCC3C2C2CCCC2)cc1OC. The summed E-state index contributed by atoms with van der Waals surface area (Å²) in [7, 11) is 1.58. The van der Waals surface area contributed by atoms with Crippen LogP contribution in [0.1, 0.15) is 53.8 Å². The summed E-state index contributed by atoms with van der Waals surface area (Å²) in [6, 6.07) is 9.36. The summed E-state index contributed by atoms with van der Waals surface area (Å²) in [5, 5.41) is 16.5. The molecule has 1 aromatic carbocycles. The number of methoxy groups -OCH3 is 1. The van der Waals surface area contributed by atoms with Gasteiger partial charge in [0.15, 0.2) is 0 Å². The largest absolute Gasteiger partial charge is 0.508 e. The minimum atomic E-state index is -1.00. The molecule has 2 unspecified atom stereocenters. The van der Waals surface area contributed by atoms with Crippen molar-refractivity contribution in [3.8, 4) is 5.75 Å². The van der Waals surface area contributed by atoms with Crippen LogP contribution in [0.25, 0.3) is 4.85 Å². The molecule has 5 rings (SSSR count). The Kier molecular flexibility index (Phi) is 4.85. The lowest BCUT2D eigenvalue weighted by molar-refractivity contribution is 0.0690. The zero-order chi connectivity index (χ0) is 21.5. The second-order valence-electron chi connectivity index (χ2n) is 8.47. The number of ether oxygens (including phenoxy) is 1. The molecular weight excluding hydrogens is 392 g/mol. The van der Waals surface area contributed by atoms with Crippen LogP contribution >= 0.6 is 0 Å². The molecule has 3 aliphatic rings. The van der Waals surface area contributed by atoms with Crippen molar-refractivity contribution in [1.29, 1.82) is 0 Å². The molecule has 7 nitrogen and oxygen atoms in total. The van der Waals surface area contributed by atoms with E-state index in [1.807, 2.05) is 18.2 Å². The molecule has 2 aromatic rings. The Bertz CT molecular complexity index is 1110. The number of rotatable bonds is 4. The van der Waals surface area contributed by atoms with Crippen molar-refractivity contribution in [2.45, 2.75) is 44.6 Å². The van der Waals surface area contributed by atoms with Crippen molar-refractivity contribution < 1.29 is 14.6 Å². The molecule has 1 fully saturated rings. The van der Waals surface area contributed by atoms with Gasteiger partial charge in [-0.3, -0.25) is 5.01 Å². The van der Waals surface area contributed by atoms with Gasteiger partial charge in [-0.05, 0) is 55.9 Å². The van der Waals surface area contributed by atoms with Gasteiger partial charge in [0.1, 0.15) is 11.4 Å². The van der Waals surface area contributed by atoms with Gasteiger partial charge in [0, 0.05) is 11.5 Å². The molecule has 0 saturated heterocycles. The lowest BCUT2D eigenvalue weighted by atomic mass is 9.76. The average molecular weight is 416 g/mol. The van der Waals surface area contributed by atoms with E-state index in [0.717, 1.165) is 35.5 Å². The number of fused-ring (bicyclic) bond motifs is 3. The Labute approximate surface area is 181 Å². The van der Waals surface area contributed by atoms with Crippen molar-refractivity contribution >= 4 is 23.1 Å². The first kappa shape index (κ1) is 19.6. The van der Waals surface area contributed by atoms with E-state index in [4.69, 9.17) is 16.4 Å². The Morgan fingerprint density at radius 1 is 1.23 bits per heavy atom. The maximum Gasteiger partial charge on any atom is 0.354 e. The molecule has 2 aliphatic carbocycles. The van der Waals surface area contributed by atoms with Crippen LogP contribution in [0.4, 0.5) is 11.4 Å². The van der Waals surface area contributed by atoms with Crippen molar-refractivity contribution in [3.05, 3.63) is 58.7 Å². The fourth-order valence-corrected chi connectivity index (χ4v) is 5.44. The molecule has 2 heterocycles. The van der Waals surface area contributed by atoms with E-state index < -0.39 is 5.97 Å². The van der Waals surface area contributed by atoms with Crippen LogP contribution < -0.4 is 9.75 Å². The third-order valence-electron chi connectivity index (χ3n) is 6.85. The van der Waals surface area contributed by atoms with E-state index in [0.29, 0.717) is 23.3 Å². The predicted octanol–water partition coefficient (Wildman–Crippen LogP) is 4.68. The molecule has 2 atom stereocenters. The number of anilines is 1. The number of carbonyl (C=O) groups is 1. The molecule has 1 N–H and O–H groups in total. The third kappa shape index (κ3) is 3.23. The maximum atomic E-state index is 11.4. The molecule has 1 aliphatic heterocycles. The van der Waals surface area contributed by atoms with Crippen LogP contribution in [0.15, 0.2) is 35.4 Å². The van der Waals surface area contributed by atoms with Crippen LogP contribution in [0.3, 0.4) is 0 Å². The summed E-state index contributed by atoms with van der Waals surface area (Å²) in [5.41, 5.74) is 4.30. The smallest absolute Gasteiger partial charge is 0.354 e. The fourth-order valence-electron chi connectivity index (χ4n) is 5.44. The van der Waals surface area contributed by atoms with Crippen molar-refractivity contribution in [3.63, 3.8) is 0 Å². The Hall–Kier alpha value is -3.40. The van der Waals surface area contributed by atoms with E-state index in [-0.39, 0.29) is 11.7 Å². The van der Waals surface area contributed by atoms with E-state index in [1.165, 1.54) is 25.7 Å². The standard InChI is InChI=1S/C24H24N4O3/c1-25-19-10-7-15(13-21(19)31-2)28-23(14-5-3-4-6-14)17-9-11-18-16(22(17)27-28)8-12-20(26-18)24(29)30/h7-8,10,12-14,17,23H,3-6,9,11H2,2H3,(H,29,30). The number of aromatic carboxylic acids is 1. The van der Waals surface area contributed by atoms with Crippen molar-refractivity contribution in [2.75, 3.05) is 12.1 Å².